The number of likely N-dealkylation sites (tertiary alicyclic amines) is 1. The molecule has 1 aliphatic rings. The first-order chi connectivity index (χ1) is 16.1. The summed E-state index contributed by atoms with van der Waals surface area (Å²) < 4.78 is 9.16. The summed E-state index contributed by atoms with van der Waals surface area (Å²) in [6.45, 7) is 3.13. The summed E-state index contributed by atoms with van der Waals surface area (Å²) in [7, 11) is 0. The predicted molar refractivity (Wildman–Crippen MR) is 127 cm³/mol. The Labute approximate surface area is 192 Å². The first kappa shape index (κ1) is 19.9. The van der Waals surface area contributed by atoms with E-state index in [1.165, 1.54) is 6.33 Å². The number of furan rings is 1. The van der Waals surface area contributed by atoms with E-state index >= 15 is 0 Å². The molecule has 1 aliphatic heterocycles. The Bertz CT molecular complexity index is 1490. The van der Waals surface area contributed by atoms with Crippen LogP contribution in [0, 0.1) is 0 Å². The van der Waals surface area contributed by atoms with Gasteiger partial charge in [0, 0.05) is 60.5 Å². The van der Waals surface area contributed by atoms with Crippen LogP contribution in [0.5, 0.6) is 0 Å². The molecular weight excluding hydrogens is 438 g/mol. The van der Waals surface area contributed by atoms with Crippen LogP contribution in [-0.2, 0) is 4.79 Å². The summed E-state index contributed by atoms with van der Waals surface area (Å²) in [5.41, 5.74) is 10.3. The lowest BCUT2D eigenvalue weighted by Crippen LogP contribution is -2.37. The van der Waals surface area contributed by atoms with Crippen molar-refractivity contribution in [1.82, 2.24) is 29.6 Å². The first-order valence-corrected chi connectivity index (χ1v) is 11.6. The topological polar surface area (TPSA) is 116 Å². The van der Waals surface area contributed by atoms with Crippen LogP contribution >= 0.6 is 11.3 Å². The smallest absolute Gasteiger partial charge is 0.219 e. The third-order valence-corrected chi connectivity index (χ3v) is 7.19. The molecule has 0 unspecified atom stereocenters. The Morgan fingerprint density at radius 2 is 2.03 bits per heavy atom. The number of nitrogen functional groups attached to an aromatic ring is 1. The molecule has 0 spiro atoms. The average Bonchev–Trinajstić information content (AvgIpc) is 3.57. The zero-order valence-electron chi connectivity index (χ0n) is 17.9. The number of aromatic nitrogens is 5. The monoisotopic (exact) mass is 459 g/mol. The fraction of sp³-hybridized carbons (Fsp3) is 0.261. The van der Waals surface area contributed by atoms with E-state index in [0.29, 0.717) is 17.2 Å². The van der Waals surface area contributed by atoms with Gasteiger partial charge in [0.2, 0.25) is 5.91 Å². The summed E-state index contributed by atoms with van der Waals surface area (Å²) in [6.07, 6.45) is 10.8. The van der Waals surface area contributed by atoms with Crippen LogP contribution in [0.15, 0.2) is 47.0 Å². The maximum absolute atomic E-state index is 11.6. The fourth-order valence-corrected chi connectivity index (χ4v) is 5.36. The third kappa shape index (κ3) is 3.34. The zero-order valence-corrected chi connectivity index (χ0v) is 18.7. The minimum absolute atomic E-state index is 0.130. The Hall–Kier alpha value is -3.79. The van der Waals surface area contributed by atoms with Gasteiger partial charge in [0.1, 0.15) is 12.1 Å². The predicted octanol–water partition coefficient (Wildman–Crippen LogP) is 4.13. The van der Waals surface area contributed by atoms with Crippen molar-refractivity contribution in [2.75, 3.05) is 18.8 Å². The van der Waals surface area contributed by atoms with Crippen molar-refractivity contribution < 1.29 is 9.21 Å². The second-order valence-corrected chi connectivity index (χ2v) is 9.15. The van der Waals surface area contributed by atoms with Crippen molar-refractivity contribution in [3.63, 3.8) is 0 Å². The molecule has 0 saturated carbocycles. The molecule has 0 bridgehead atoms. The lowest BCUT2D eigenvalue weighted by Gasteiger charge is -2.31. The molecular formula is C23H21N7O2S. The van der Waals surface area contributed by atoms with E-state index in [-0.39, 0.29) is 11.9 Å². The Morgan fingerprint density at radius 1 is 1.18 bits per heavy atom. The van der Waals surface area contributed by atoms with Crippen LogP contribution in [0.4, 0.5) is 5.82 Å². The SMILES string of the molecule is CC(=O)N1CCC(n2cc(-c3cnc(N)c4oc(-c5csc6cncnc56)cc34)cn2)CC1. The minimum atomic E-state index is 0.130. The number of rotatable bonds is 3. The fourth-order valence-electron chi connectivity index (χ4n) is 4.49. The molecule has 6 heterocycles. The maximum Gasteiger partial charge on any atom is 0.219 e. The number of piperidine rings is 1. The van der Waals surface area contributed by atoms with Crippen molar-refractivity contribution in [2.45, 2.75) is 25.8 Å². The van der Waals surface area contributed by atoms with Gasteiger partial charge in [0.25, 0.3) is 0 Å². The van der Waals surface area contributed by atoms with Gasteiger partial charge >= 0.3 is 0 Å². The largest absolute Gasteiger partial charge is 0.452 e. The van der Waals surface area contributed by atoms with Crippen molar-refractivity contribution in [2.24, 2.45) is 0 Å². The van der Waals surface area contributed by atoms with Crippen LogP contribution in [0.1, 0.15) is 25.8 Å². The summed E-state index contributed by atoms with van der Waals surface area (Å²) >= 11 is 1.57. The van der Waals surface area contributed by atoms with E-state index in [1.807, 2.05) is 33.4 Å². The number of carbonyl (C=O) groups is 1. The quantitative estimate of drug-likeness (QED) is 0.431. The van der Waals surface area contributed by atoms with Gasteiger partial charge in [-0.15, -0.1) is 11.3 Å². The van der Waals surface area contributed by atoms with Crippen LogP contribution in [-0.4, -0.2) is 48.6 Å². The average molecular weight is 460 g/mol. The van der Waals surface area contributed by atoms with Gasteiger partial charge in [-0.3, -0.25) is 9.48 Å². The van der Waals surface area contributed by atoms with Gasteiger partial charge in [-0.2, -0.15) is 5.10 Å². The molecule has 33 heavy (non-hydrogen) atoms. The van der Waals surface area contributed by atoms with E-state index in [0.717, 1.165) is 58.2 Å². The third-order valence-electron chi connectivity index (χ3n) is 6.29. The van der Waals surface area contributed by atoms with E-state index < -0.39 is 0 Å². The highest BCUT2D eigenvalue weighted by Crippen LogP contribution is 2.40. The molecule has 9 nitrogen and oxygen atoms in total. The zero-order chi connectivity index (χ0) is 22.5. The lowest BCUT2D eigenvalue weighted by molar-refractivity contribution is -0.130. The van der Waals surface area contributed by atoms with Gasteiger partial charge < -0.3 is 15.1 Å². The molecule has 1 amide bonds. The summed E-state index contributed by atoms with van der Waals surface area (Å²) in [6, 6.07) is 2.26. The molecule has 2 N–H and O–H groups in total. The van der Waals surface area contributed by atoms with Crippen molar-refractivity contribution in [3.8, 4) is 22.5 Å². The maximum atomic E-state index is 11.6. The number of fused-ring (bicyclic) bond motifs is 2. The molecule has 0 aromatic carbocycles. The van der Waals surface area contributed by atoms with Crippen molar-refractivity contribution in [1.29, 1.82) is 0 Å². The molecule has 0 radical (unpaired) electrons. The highest BCUT2D eigenvalue weighted by Gasteiger charge is 2.23. The molecule has 6 rings (SSSR count). The number of carbonyl (C=O) groups excluding carboxylic acids is 1. The number of amides is 1. The number of anilines is 1. The van der Waals surface area contributed by atoms with E-state index in [2.05, 4.69) is 20.1 Å². The summed E-state index contributed by atoms with van der Waals surface area (Å²) in [4.78, 5) is 26.4. The Morgan fingerprint density at radius 3 is 2.85 bits per heavy atom. The summed E-state index contributed by atoms with van der Waals surface area (Å²) in [5.74, 6) is 1.17. The van der Waals surface area contributed by atoms with Gasteiger partial charge in [-0.05, 0) is 18.9 Å². The second-order valence-electron chi connectivity index (χ2n) is 8.24. The highest BCUT2D eigenvalue weighted by molar-refractivity contribution is 7.17. The minimum Gasteiger partial charge on any atom is -0.452 e. The number of nitrogens with two attached hydrogens (primary N) is 1. The lowest BCUT2D eigenvalue weighted by atomic mass is 10.0. The number of thiophene rings is 1. The molecule has 1 saturated heterocycles. The van der Waals surface area contributed by atoms with Gasteiger partial charge in [0.05, 0.1) is 28.0 Å². The number of hydrogen-bond acceptors (Lipinski definition) is 8. The van der Waals surface area contributed by atoms with Crippen molar-refractivity contribution in [3.05, 3.63) is 42.6 Å². The van der Waals surface area contributed by atoms with Crippen LogP contribution in [0.25, 0.3) is 43.6 Å². The molecule has 166 valence electrons. The van der Waals surface area contributed by atoms with E-state index in [1.54, 1.807) is 30.7 Å². The second kappa shape index (κ2) is 7.66. The molecule has 1 fully saturated rings. The van der Waals surface area contributed by atoms with Gasteiger partial charge in [-0.1, -0.05) is 0 Å². The van der Waals surface area contributed by atoms with Crippen LogP contribution < -0.4 is 5.73 Å². The number of nitrogens with zero attached hydrogens (tertiary/aromatic N) is 6. The van der Waals surface area contributed by atoms with Gasteiger partial charge in [-0.25, -0.2) is 15.0 Å². The number of hydrogen-bond donors (Lipinski definition) is 1. The molecule has 5 aromatic heterocycles. The number of pyridine rings is 1. The Kier molecular flexibility index (Phi) is 4.61. The van der Waals surface area contributed by atoms with E-state index in [9.17, 15) is 4.79 Å². The van der Waals surface area contributed by atoms with Crippen molar-refractivity contribution >= 4 is 44.2 Å². The molecule has 10 heteroatoms. The van der Waals surface area contributed by atoms with Crippen LogP contribution in [0.2, 0.25) is 0 Å². The van der Waals surface area contributed by atoms with Crippen LogP contribution in [0.3, 0.4) is 0 Å². The summed E-state index contributed by atoms with van der Waals surface area (Å²) in [5, 5.41) is 7.53. The highest BCUT2D eigenvalue weighted by atomic mass is 32.1. The van der Waals surface area contributed by atoms with Gasteiger partial charge in [0.15, 0.2) is 11.4 Å². The molecule has 5 aromatic rings. The Balaban J connectivity index is 1.37. The first-order valence-electron chi connectivity index (χ1n) is 10.7. The molecule has 0 atom stereocenters. The normalized spacial score (nSPS) is 15.0. The standard InChI is InChI=1S/C23H21N7O2S/c1-13(31)29-4-2-15(3-5-29)30-10-14(7-28-30)17-8-26-23(24)22-16(17)6-19(32-22)18-11-33-20-9-25-12-27-21(18)20/h6-12,15H,2-5H2,1H3,(H2,24,26). The van der Waals surface area contributed by atoms with E-state index in [4.69, 9.17) is 10.2 Å². The molecule has 0 aliphatic carbocycles.